The van der Waals surface area contributed by atoms with Crippen molar-refractivity contribution in [2.75, 3.05) is 23.7 Å². The van der Waals surface area contributed by atoms with E-state index in [4.69, 9.17) is 0 Å². The number of aryl methyl sites for hydroxylation is 1. The van der Waals surface area contributed by atoms with Crippen molar-refractivity contribution < 1.29 is 5.11 Å². The Morgan fingerprint density at radius 3 is 2.88 bits per heavy atom. The van der Waals surface area contributed by atoms with Gasteiger partial charge in [-0.1, -0.05) is 6.92 Å². The van der Waals surface area contributed by atoms with Crippen LogP contribution in [0.1, 0.15) is 33.6 Å². The van der Waals surface area contributed by atoms with E-state index in [1.165, 1.54) is 0 Å². The summed E-state index contributed by atoms with van der Waals surface area (Å²) in [5, 5.41) is 20.0. The maximum atomic E-state index is 9.89. The molecule has 0 aromatic carbocycles. The first-order valence-corrected chi connectivity index (χ1v) is 8.77. The summed E-state index contributed by atoms with van der Waals surface area (Å²) in [4.78, 5) is 13.7. The quantitative estimate of drug-likeness (QED) is 0.604. The summed E-state index contributed by atoms with van der Waals surface area (Å²) in [5.41, 5.74) is 1.60. The van der Waals surface area contributed by atoms with E-state index in [-0.39, 0.29) is 6.04 Å². The molecule has 1 aliphatic heterocycles. The second-order valence-corrected chi connectivity index (χ2v) is 6.33. The number of nitrogens with zero attached hydrogens (tertiary/aromatic N) is 4. The van der Waals surface area contributed by atoms with Crippen LogP contribution >= 0.6 is 0 Å². The largest absolute Gasteiger partial charge is 0.391 e. The van der Waals surface area contributed by atoms with E-state index < -0.39 is 6.10 Å². The maximum Gasteiger partial charge on any atom is 0.227 e. The minimum Gasteiger partial charge on any atom is -0.391 e. The van der Waals surface area contributed by atoms with Crippen molar-refractivity contribution in [1.82, 2.24) is 24.8 Å². The Morgan fingerprint density at radius 1 is 1.42 bits per heavy atom. The molecule has 1 fully saturated rings. The van der Waals surface area contributed by atoms with E-state index in [2.05, 4.69) is 37.8 Å². The zero-order valence-electron chi connectivity index (χ0n) is 14.6. The van der Waals surface area contributed by atoms with Gasteiger partial charge in [-0.2, -0.15) is 9.97 Å². The van der Waals surface area contributed by atoms with Gasteiger partial charge in [0.1, 0.15) is 0 Å². The predicted octanol–water partition coefficient (Wildman–Crippen LogP) is 1.19. The number of imidazole rings is 1. The van der Waals surface area contributed by atoms with Crippen LogP contribution in [0.2, 0.25) is 0 Å². The van der Waals surface area contributed by atoms with Crippen LogP contribution in [0.4, 0.5) is 11.8 Å². The molecule has 1 saturated heterocycles. The van der Waals surface area contributed by atoms with E-state index in [1.807, 2.05) is 11.5 Å². The molecular formula is C16H27N7O. The molecule has 0 aliphatic carbocycles. The lowest BCUT2D eigenvalue weighted by atomic mass is 10.1. The van der Waals surface area contributed by atoms with Gasteiger partial charge in [-0.25, -0.2) is 4.98 Å². The molecule has 0 spiro atoms. The van der Waals surface area contributed by atoms with E-state index >= 15 is 0 Å². The third kappa shape index (κ3) is 3.44. The molecule has 24 heavy (non-hydrogen) atoms. The van der Waals surface area contributed by atoms with Crippen molar-refractivity contribution in [2.24, 2.45) is 0 Å². The van der Waals surface area contributed by atoms with Gasteiger partial charge < -0.3 is 25.6 Å². The summed E-state index contributed by atoms with van der Waals surface area (Å²) in [6.45, 7) is 8.61. The lowest BCUT2D eigenvalue weighted by Gasteiger charge is -2.20. The molecule has 8 nitrogen and oxygen atoms in total. The van der Waals surface area contributed by atoms with Crippen molar-refractivity contribution in [3.63, 3.8) is 0 Å². The van der Waals surface area contributed by atoms with Crippen LogP contribution in [0.15, 0.2) is 6.33 Å². The molecular weight excluding hydrogens is 306 g/mol. The standard InChI is InChI=1S/C16H27N7O/c1-4-12(10(3)24)20-16-21-14(19-11-6-7-17-8-11)13-15(22-16)23(5-2)9-18-13/h9-12,17,24H,4-8H2,1-3H3,(H2,19,20,21,22)/t10-,11-,12+/m0/s1. The van der Waals surface area contributed by atoms with Gasteiger partial charge in [0.2, 0.25) is 5.95 Å². The molecule has 3 atom stereocenters. The number of nitrogens with one attached hydrogen (secondary N) is 3. The lowest BCUT2D eigenvalue weighted by molar-refractivity contribution is 0.169. The van der Waals surface area contributed by atoms with Gasteiger partial charge in [-0.05, 0) is 33.2 Å². The Hall–Kier alpha value is -1.93. The van der Waals surface area contributed by atoms with Gasteiger partial charge in [0.05, 0.1) is 18.5 Å². The molecule has 0 saturated carbocycles. The zero-order valence-corrected chi connectivity index (χ0v) is 14.6. The molecule has 4 N–H and O–H groups in total. The van der Waals surface area contributed by atoms with Crippen LogP contribution in [0.5, 0.6) is 0 Å². The first-order valence-electron chi connectivity index (χ1n) is 8.77. The SMILES string of the molecule is CC[C@@H](Nc1nc(N[C@H]2CCNC2)c2ncn(CC)c2n1)[C@H](C)O. The summed E-state index contributed by atoms with van der Waals surface area (Å²) in [6.07, 6.45) is 3.18. The van der Waals surface area contributed by atoms with Crippen LogP contribution in [-0.4, -0.2) is 55.9 Å². The van der Waals surface area contributed by atoms with Crippen molar-refractivity contribution in [3.8, 4) is 0 Å². The molecule has 2 aromatic rings. The minimum atomic E-state index is -0.471. The Morgan fingerprint density at radius 2 is 2.25 bits per heavy atom. The number of aliphatic hydroxyl groups is 1. The Balaban J connectivity index is 1.96. The molecule has 2 aromatic heterocycles. The molecule has 0 radical (unpaired) electrons. The zero-order chi connectivity index (χ0) is 17.1. The van der Waals surface area contributed by atoms with Gasteiger partial charge in [-0.3, -0.25) is 0 Å². The van der Waals surface area contributed by atoms with Crippen LogP contribution < -0.4 is 16.0 Å². The fraction of sp³-hybridized carbons (Fsp3) is 0.688. The number of fused-ring (bicyclic) bond motifs is 1. The average Bonchev–Trinajstić information content (AvgIpc) is 3.21. The Kier molecular flexibility index (Phi) is 5.15. The van der Waals surface area contributed by atoms with Crippen molar-refractivity contribution in [1.29, 1.82) is 0 Å². The highest BCUT2D eigenvalue weighted by Gasteiger charge is 2.20. The maximum absolute atomic E-state index is 9.89. The summed E-state index contributed by atoms with van der Waals surface area (Å²) in [5.74, 6) is 1.28. The molecule has 0 bridgehead atoms. The predicted molar refractivity (Wildman–Crippen MR) is 95.3 cm³/mol. The third-order valence-corrected chi connectivity index (χ3v) is 4.54. The first kappa shape index (κ1) is 16.9. The average molecular weight is 333 g/mol. The molecule has 132 valence electrons. The number of aromatic nitrogens is 4. The fourth-order valence-corrected chi connectivity index (χ4v) is 3.04. The van der Waals surface area contributed by atoms with Gasteiger partial charge >= 0.3 is 0 Å². The molecule has 0 amide bonds. The smallest absolute Gasteiger partial charge is 0.227 e. The Labute approximate surface area is 142 Å². The van der Waals surface area contributed by atoms with Crippen LogP contribution in [0, 0.1) is 0 Å². The molecule has 3 rings (SSSR count). The van der Waals surface area contributed by atoms with Gasteiger partial charge in [0.15, 0.2) is 17.0 Å². The van der Waals surface area contributed by atoms with Crippen molar-refractivity contribution in [2.45, 2.75) is 58.3 Å². The van der Waals surface area contributed by atoms with Crippen molar-refractivity contribution >= 4 is 22.9 Å². The lowest BCUT2D eigenvalue weighted by Crippen LogP contribution is -2.31. The monoisotopic (exact) mass is 333 g/mol. The third-order valence-electron chi connectivity index (χ3n) is 4.54. The summed E-state index contributed by atoms with van der Waals surface area (Å²) in [6, 6.07) is 0.267. The van der Waals surface area contributed by atoms with Crippen LogP contribution in [0.3, 0.4) is 0 Å². The highest BCUT2D eigenvalue weighted by Crippen LogP contribution is 2.23. The number of hydrogen-bond donors (Lipinski definition) is 4. The summed E-state index contributed by atoms with van der Waals surface area (Å²) in [7, 11) is 0. The first-order chi connectivity index (χ1) is 11.6. The summed E-state index contributed by atoms with van der Waals surface area (Å²) < 4.78 is 2.00. The Bertz CT molecular complexity index is 678. The second kappa shape index (κ2) is 7.31. The highest BCUT2D eigenvalue weighted by molar-refractivity contribution is 5.84. The normalized spacial score (nSPS) is 20.2. The highest BCUT2D eigenvalue weighted by atomic mass is 16.3. The molecule has 3 heterocycles. The van der Waals surface area contributed by atoms with E-state index in [0.717, 1.165) is 49.5 Å². The summed E-state index contributed by atoms with van der Waals surface area (Å²) >= 11 is 0. The number of rotatable bonds is 7. The van der Waals surface area contributed by atoms with E-state index in [1.54, 1.807) is 13.3 Å². The molecule has 0 unspecified atom stereocenters. The van der Waals surface area contributed by atoms with Gasteiger partial charge in [0, 0.05) is 19.1 Å². The van der Waals surface area contributed by atoms with Crippen LogP contribution in [-0.2, 0) is 6.54 Å². The van der Waals surface area contributed by atoms with Crippen LogP contribution in [0.25, 0.3) is 11.2 Å². The van der Waals surface area contributed by atoms with E-state index in [9.17, 15) is 5.11 Å². The topological polar surface area (TPSA) is 99.9 Å². The van der Waals surface area contributed by atoms with Crippen molar-refractivity contribution in [3.05, 3.63) is 6.33 Å². The van der Waals surface area contributed by atoms with E-state index in [0.29, 0.717) is 12.0 Å². The van der Waals surface area contributed by atoms with Gasteiger partial charge in [-0.15, -0.1) is 0 Å². The van der Waals surface area contributed by atoms with Gasteiger partial charge in [0.25, 0.3) is 0 Å². The number of aliphatic hydroxyl groups excluding tert-OH is 1. The molecule has 1 aliphatic rings. The molecule has 8 heteroatoms. The number of hydrogen-bond acceptors (Lipinski definition) is 7. The number of anilines is 2. The second-order valence-electron chi connectivity index (χ2n) is 6.33. The minimum absolute atomic E-state index is 0.0820. The fourth-order valence-electron chi connectivity index (χ4n) is 3.04.